The Morgan fingerprint density at radius 1 is 1.26 bits per heavy atom. The average Bonchev–Trinajstić information content (AvgIpc) is 3.14. The van der Waals surface area contributed by atoms with Crippen molar-refractivity contribution in [3.05, 3.63) is 46.7 Å². The number of ether oxygens (including phenoxy) is 2. The summed E-state index contributed by atoms with van der Waals surface area (Å²) in [5, 5.41) is 7.87. The standard InChI is InChI=1S/C23H21ClF3N3O4/c24-13-1-2-18-16(3-13)17(31)6-19(33-18)20(32)29-22-9-21(10-22,11-22)12-7-28-30(8-12)14-4-15(5-14)34-23(25,26)27/h1-3,7-8,14-15,19H,4-6,9-11H2,(H,29,32)/t14?,15?,19-,21?,22?/m1/s1. The molecule has 2 heterocycles. The van der Waals surface area contributed by atoms with E-state index in [1.54, 1.807) is 29.1 Å². The molecule has 1 aliphatic heterocycles. The highest BCUT2D eigenvalue weighted by atomic mass is 35.5. The van der Waals surface area contributed by atoms with Crippen molar-refractivity contribution in [2.45, 2.75) is 74.1 Å². The zero-order valence-electron chi connectivity index (χ0n) is 17.9. The summed E-state index contributed by atoms with van der Waals surface area (Å²) in [5.74, 6) is -0.117. The Labute approximate surface area is 197 Å². The molecule has 4 fully saturated rings. The van der Waals surface area contributed by atoms with Crippen LogP contribution in [0.25, 0.3) is 0 Å². The van der Waals surface area contributed by atoms with E-state index in [1.165, 1.54) is 0 Å². The molecule has 0 saturated heterocycles. The Kier molecular flexibility index (Phi) is 4.64. The third-order valence-corrected chi connectivity index (χ3v) is 7.79. The first-order valence-electron chi connectivity index (χ1n) is 11.1. The fourth-order valence-corrected chi connectivity index (χ4v) is 6.03. The first kappa shape index (κ1) is 21.9. The molecule has 5 aliphatic rings. The molecule has 1 aromatic heterocycles. The van der Waals surface area contributed by atoms with Crippen LogP contribution < -0.4 is 10.1 Å². The number of carbonyl (C=O) groups is 2. The molecule has 1 amide bonds. The van der Waals surface area contributed by atoms with Crippen LogP contribution in [-0.4, -0.2) is 45.6 Å². The lowest BCUT2D eigenvalue weighted by Crippen LogP contribution is -2.77. The number of nitrogens with one attached hydrogen (secondary N) is 1. The number of benzene rings is 1. The molecule has 180 valence electrons. The molecule has 4 saturated carbocycles. The quantitative estimate of drug-likeness (QED) is 0.675. The van der Waals surface area contributed by atoms with Crippen molar-refractivity contribution in [2.75, 3.05) is 0 Å². The highest BCUT2D eigenvalue weighted by Crippen LogP contribution is 2.67. The number of hydrogen-bond donors (Lipinski definition) is 1. The van der Waals surface area contributed by atoms with Crippen molar-refractivity contribution in [1.82, 2.24) is 15.1 Å². The SMILES string of the molecule is O=C1C[C@H](C(=O)NC23CC(c4cnn(C5CC(OC(F)(F)F)C5)c4)(C2)C3)Oc2ccc(Cl)cc21. The van der Waals surface area contributed by atoms with Gasteiger partial charge in [-0.05, 0) is 55.9 Å². The van der Waals surface area contributed by atoms with Crippen molar-refractivity contribution in [3.63, 3.8) is 0 Å². The van der Waals surface area contributed by atoms with E-state index in [1.807, 2.05) is 6.20 Å². The third-order valence-electron chi connectivity index (χ3n) is 7.55. The fraction of sp³-hybridized carbons (Fsp3) is 0.522. The Morgan fingerprint density at radius 3 is 2.71 bits per heavy atom. The monoisotopic (exact) mass is 495 g/mol. The van der Waals surface area contributed by atoms with Crippen LogP contribution in [0.4, 0.5) is 13.2 Å². The summed E-state index contributed by atoms with van der Waals surface area (Å²) in [4.78, 5) is 25.3. The molecule has 7 rings (SSSR count). The normalized spacial score (nSPS) is 33.6. The van der Waals surface area contributed by atoms with Crippen LogP contribution in [0.3, 0.4) is 0 Å². The van der Waals surface area contributed by atoms with Gasteiger partial charge in [0.1, 0.15) is 5.75 Å². The lowest BCUT2D eigenvalue weighted by Gasteiger charge is -2.70. The van der Waals surface area contributed by atoms with Gasteiger partial charge in [-0.25, -0.2) is 0 Å². The number of rotatable bonds is 5. The van der Waals surface area contributed by atoms with Crippen LogP contribution >= 0.6 is 11.6 Å². The summed E-state index contributed by atoms with van der Waals surface area (Å²) in [6.45, 7) is 0. The van der Waals surface area contributed by atoms with Gasteiger partial charge in [0.2, 0.25) is 0 Å². The number of ketones is 1. The fourth-order valence-electron chi connectivity index (χ4n) is 5.86. The Hall–Kier alpha value is -2.59. The molecule has 1 atom stereocenters. The average molecular weight is 496 g/mol. The van der Waals surface area contributed by atoms with E-state index in [0.29, 0.717) is 16.3 Å². The van der Waals surface area contributed by atoms with Gasteiger partial charge in [0.25, 0.3) is 5.91 Å². The van der Waals surface area contributed by atoms with E-state index in [0.717, 1.165) is 24.8 Å². The van der Waals surface area contributed by atoms with Crippen molar-refractivity contribution in [3.8, 4) is 5.75 Å². The predicted molar refractivity (Wildman–Crippen MR) is 113 cm³/mol. The Bertz CT molecular complexity index is 1170. The van der Waals surface area contributed by atoms with Crippen LogP contribution in [0, 0.1) is 0 Å². The molecule has 2 aromatic rings. The van der Waals surface area contributed by atoms with Gasteiger partial charge in [-0.2, -0.15) is 5.10 Å². The molecule has 0 unspecified atom stereocenters. The van der Waals surface area contributed by atoms with Gasteiger partial charge in [0, 0.05) is 22.2 Å². The molecule has 1 N–H and O–H groups in total. The lowest BCUT2D eigenvalue weighted by atomic mass is 9.37. The number of nitrogens with zero attached hydrogens (tertiary/aromatic N) is 2. The maximum atomic E-state index is 12.8. The van der Waals surface area contributed by atoms with Crippen LogP contribution in [0.2, 0.25) is 5.02 Å². The van der Waals surface area contributed by atoms with Crippen molar-refractivity contribution in [2.24, 2.45) is 0 Å². The zero-order valence-corrected chi connectivity index (χ0v) is 18.7. The number of carbonyl (C=O) groups excluding carboxylic acids is 2. The van der Waals surface area contributed by atoms with Crippen molar-refractivity contribution < 1.29 is 32.2 Å². The van der Waals surface area contributed by atoms with Gasteiger partial charge in [-0.3, -0.25) is 19.0 Å². The van der Waals surface area contributed by atoms with Gasteiger partial charge in [-0.15, -0.1) is 13.2 Å². The molecule has 34 heavy (non-hydrogen) atoms. The second kappa shape index (κ2) is 7.21. The van der Waals surface area contributed by atoms with E-state index in [-0.39, 0.29) is 47.9 Å². The highest BCUT2D eigenvalue weighted by Gasteiger charge is 2.69. The highest BCUT2D eigenvalue weighted by molar-refractivity contribution is 6.31. The molecule has 0 radical (unpaired) electrons. The zero-order chi connectivity index (χ0) is 23.9. The van der Waals surface area contributed by atoms with Crippen LogP contribution in [0.1, 0.15) is 60.5 Å². The third kappa shape index (κ3) is 3.58. The number of hydrogen-bond acceptors (Lipinski definition) is 5. The molecule has 0 spiro atoms. The Balaban J connectivity index is 1.03. The minimum absolute atomic E-state index is 0.0341. The molecule has 2 bridgehead atoms. The number of aromatic nitrogens is 2. The number of Topliss-reactive ketones (excluding diaryl/α,β-unsaturated/α-hetero) is 1. The molecule has 4 aliphatic carbocycles. The molecule has 11 heteroatoms. The first-order chi connectivity index (χ1) is 16.0. The molecular weight excluding hydrogens is 475 g/mol. The smallest absolute Gasteiger partial charge is 0.479 e. The minimum Gasteiger partial charge on any atom is -0.479 e. The van der Waals surface area contributed by atoms with Crippen LogP contribution in [0.5, 0.6) is 5.75 Å². The van der Waals surface area contributed by atoms with Crippen molar-refractivity contribution in [1.29, 1.82) is 0 Å². The van der Waals surface area contributed by atoms with Crippen molar-refractivity contribution >= 4 is 23.3 Å². The second-order valence-corrected chi connectivity index (χ2v) is 10.4. The number of fused-ring (bicyclic) bond motifs is 1. The number of amides is 1. The van der Waals surface area contributed by atoms with E-state index >= 15 is 0 Å². The van der Waals surface area contributed by atoms with E-state index in [4.69, 9.17) is 16.3 Å². The summed E-state index contributed by atoms with van der Waals surface area (Å²) in [5.41, 5.74) is 1.05. The lowest BCUT2D eigenvalue weighted by molar-refractivity contribution is -0.353. The maximum Gasteiger partial charge on any atom is 0.522 e. The summed E-state index contributed by atoms with van der Waals surface area (Å²) in [6, 6.07) is 4.67. The first-order valence-corrected chi connectivity index (χ1v) is 11.5. The van der Waals surface area contributed by atoms with Gasteiger partial charge >= 0.3 is 6.36 Å². The largest absolute Gasteiger partial charge is 0.522 e. The van der Waals surface area contributed by atoms with Gasteiger partial charge in [-0.1, -0.05) is 11.6 Å². The van der Waals surface area contributed by atoms with Gasteiger partial charge in [0.15, 0.2) is 11.9 Å². The summed E-state index contributed by atoms with van der Waals surface area (Å²) in [6.07, 6.45) is 0.182. The van der Waals surface area contributed by atoms with E-state index < -0.39 is 18.6 Å². The van der Waals surface area contributed by atoms with Gasteiger partial charge < -0.3 is 10.1 Å². The van der Waals surface area contributed by atoms with E-state index in [2.05, 4.69) is 15.2 Å². The predicted octanol–water partition coefficient (Wildman–Crippen LogP) is 4.10. The summed E-state index contributed by atoms with van der Waals surface area (Å²) >= 11 is 5.94. The van der Waals surface area contributed by atoms with Crippen LogP contribution in [-0.2, 0) is 14.9 Å². The second-order valence-electron chi connectivity index (χ2n) is 9.97. The number of alkyl halides is 3. The molecule has 1 aromatic carbocycles. The van der Waals surface area contributed by atoms with Gasteiger partial charge in [0.05, 0.1) is 30.3 Å². The molecule has 7 nitrogen and oxygen atoms in total. The topological polar surface area (TPSA) is 82.5 Å². The van der Waals surface area contributed by atoms with Crippen LogP contribution in [0.15, 0.2) is 30.6 Å². The number of halogens is 4. The maximum absolute atomic E-state index is 12.8. The summed E-state index contributed by atoms with van der Waals surface area (Å²) in [7, 11) is 0. The minimum atomic E-state index is -4.61. The summed E-state index contributed by atoms with van der Waals surface area (Å²) < 4.78 is 48.5. The van der Waals surface area contributed by atoms with E-state index in [9.17, 15) is 22.8 Å². The molecular formula is C23H21ClF3N3O4. The Morgan fingerprint density at radius 2 is 2.00 bits per heavy atom.